The minimum absolute atomic E-state index is 0.378. The van der Waals surface area contributed by atoms with E-state index < -0.39 is 11.7 Å². The zero-order chi connectivity index (χ0) is 14.8. The van der Waals surface area contributed by atoms with Crippen LogP contribution in [0.25, 0.3) is 0 Å². The Morgan fingerprint density at radius 2 is 1.95 bits per heavy atom. The topological polar surface area (TPSA) is 38.9 Å². The van der Waals surface area contributed by atoms with Crippen LogP contribution in [-0.4, -0.2) is 4.98 Å². The van der Waals surface area contributed by atoms with Gasteiger partial charge in [-0.3, -0.25) is 0 Å². The first-order valence-electron chi connectivity index (χ1n) is 5.91. The van der Waals surface area contributed by atoms with E-state index in [1.807, 2.05) is 25.1 Å². The molecule has 0 atom stereocenters. The molecule has 6 heteroatoms. The maximum absolute atomic E-state index is 12.5. The van der Waals surface area contributed by atoms with Crippen LogP contribution in [0.3, 0.4) is 0 Å². The van der Waals surface area contributed by atoms with Gasteiger partial charge < -0.3 is 5.73 Å². The Labute approximate surface area is 119 Å². The van der Waals surface area contributed by atoms with Crippen molar-refractivity contribution in [3.8, 4) is 0 Å². The van der Waals surface area contributed by atoms with Crippen molar-refractivity contribution in [1.29, 1.82) is 0 Å². The van der Waals surface area contributed by atoms with Crippen molar-refractivity contribution in [2.24, 2.45) is 5.73 Å². The highest BCUT2D eigenvalue weighted by atomic mass is 32.2. The summed E-state index contributed by atoms with van der Waals surface area (Å²) in [6.07, 6.45) is -3.51. The molecule has 0 fully saturated rings. The Morgan fingerprint density at radius 1 is 1.20 bits per heavy atom. The number of nitrogens with two attached hydrogens (primary N) is 1. The molecule has 2 N–H and O–H groups in total. The third-order valence-corrected chi connectivity index (χ3v) is 3.77. The van der Waals surface area contributed by atoms with Crippen molar-refractivity contribution in [2.75, 3.05) is 0 Å². The minimum atomic E-state index is -4.36. The molecule has 0 bridgehead atoms. The second kappa shape index (κ2) is 5.85. The fourth-order valence-electron chi connectivity index (χ4n) is 1.65. The van der Waals surface area contributed by atoms with Crippen LogP contribution in [-0.2, 0) is 12.7 Å². The predicted octanol–water partition coefficient (Wildman–Crippen LogP) is 4.02. The number of hydrogen-bond donors (Lipinski definition) is 1. The van der Waals surface area contributed by atoms with Crippen LogP contribution < -0.4 is 5.73 Å². The average molecular weight is 298 g/mol. The van der Waals surface area contributed by atoms with Gasteiger partial charge in [0, 0.05) is 17.6 Å². The Morgan fingerprint density at radius 3 is 2.50 bits per heavy atom. The van der Waals surface area contributed by atoms with Gasteiger partial charge in [-0.1, -0.05) is 23.9 Å². The molecule has 0 amide bonds. The van der Waals surface area contributed by atoms with E-state index in [1.54, 1.807) is 0 Å². The standard InChI is InChI=1S/C14H13F3N2S/c1-9-2-3-10(7-18)12(6-9)20-13-5-4-11(8-19-13)14(15,16)17/h2-6,8H,7,18H2,1H3. The lowest BCUT2D eigenvalue weighted by atomic mass is 10.1. The molecule has 1 heterocycles. The molecular formula is C14H13F3N2S. The highest BCUT2D eigenvalue weighted by molar-refractivity contribution is 7.99. The van der Waals surface area contributed by atoms with Crippen molar-refractivity contribution in [3.05, 3.63) is 53.2 Å². The summed E-state index contributed by atoms with van der Waals surface area (Å²) in [6, 6.07) is 8.23. The number of rotatable bonds is 3. The number of aryl methyl sites for hydroxylation is 1. The third kappa shape index (κ3) is 3.52. The second-order valence-corrected chi connectivity index (χ2v) is 5.36. The molecule has 0 aliphatic rings. The first-order valence-corrected chi connectivity index (χ1v) is 6.72. The van der Waals surface area contributed by atoms with Crippen molar-refractivity contribution in [3.63, 3.8) is 0 Å². The van der Waals surface area contributed by atoms with Gasteiger partial charge in [0.05, 0.1) is 5.56 Å². The summed E-state index contributed by atoms with van der Waals surface area (Å²) < 4.78 is 37.4. The van der Waals surface area contributed by atoms with Crippen LogP contribution in [0, 0.1) is 6.92 Å². The number of aromatic nitrogens is 1. The average Bonchev–Trinajstić information content (AvgIpc) is 2.38. The molecule has 2 rings (SSSR count). The molecule has 20 heavy (non-hydrogen) atoms. The van der Waals surface area contributed by atoms with Crippen LogP contribution in [0.4, 0.5) is 13.2 Å². The van der Waals surface area contributed by atoms with Crippen LogP contribution in [0.2, 0.25) is 0 Å². The third-order valence-electron chi connectivity index (χ3n) is 2.72. The summed E-state index contributed by atoms with van der Waals surface area (Å²) in [6.45, 7) is 2.33. The number of alkyl halides is 3. The molecule has 0 radical (unpaired) electrons. The van der Waals surface area contributed by atoms with Gasteiger partial charge in [-0.15, -0.1) is 0 Å². The first kappa shape index (κ1) is 14.9. The van der Waals surface area contributed by atoms with Crippen LogP contribution >= 0.6 is 11.8 Å². The Kier molecular flexibility index (Phi) is 4.35. The van der Waals surface area contributed by atoms with Crippen molar-refractivity contribution < 1.29 is 13.2 Å². The van der Waals surface area contributed by atoms with Crippen LogP contribution in [0.1, 0.15) is 16.7 Å². The largest absolute Gasteiger partial charge is 0.417 e. The van der Waals surface area contributed by atoms with Crippen molar-refractivity contribution in [2.45, 2.75) is 29.6 Å². The van der Waals surface area contributed by atoms with E-state index in [-0.39, 0.29) is 0 Å². The van der Waals surface area contributed by atoms with Crippen molar-refractivity contribution >= 4 is 11.8 Å². The lowest BCUT2D eigenvalue weighted by Gasteiger charge is -2.09. The van der Waals surface area contributed by atoms with E-state index in [2.05, 4.69) is 4.98 Å². The smallest absolute Gasteiger partial charge is 0.326 e. The summed E-state index contributed by atoms with van der Waals surface area (Å²) >= 11 is 1.31. The van der Waals surface area contributed by atoms with E-state index >= 15 is 0 Å². The highest BCUT2D eigenvalue weighted by Crippen LogP contribution is 2.33. The van der Waals surface area contributed by atoms with Gasteiger partial charge in [-0.05, 0) is 36.2 Å². The fourth-order valence-corrected chi connectivity index (χ4v) is 2.64. The zero-order valence-corrected chi connectivity index (χ0v) is 11.6. The monoisotopic (exact) mass is 298 g/mol. The van der Waals surface area contributed by atoms with E-state index in [9.17, 15) is 13.2 Å². The summed E-state index contributed by atoms with van der Waals surface area (Å²) in [5.41, 5.74) is 6.92. The fraction of sp³-hybridized carbons (Fsp3) is 0.214. The quantitative estimate of drug-likeness (QED) is 0.930. The second-order valence-electron chi connectivity index (χ2n) is 4.30. The summed E-state index contributed by atoms with van der Waals surface area (Å²) in [5, 5.41) is 0.512. The maximum Gasteiger partial charge on any atom is 0.417 e. The van der Waals surface area contributed by atoms with Gasteiger partial charge in [0.1, 0.15) is 5.03 Å². The van der Waals surface area contributed by atoms with Gasteiger partial charge >= 0.3 is 6.18 Å². The van der Waals surface area contributed by atoms with Gasteiger partial charge in [-0.2, -0.15) is 13.2 Å². The molecule has 106 valence electrons. The normalized spacial score (nSPS) is 11.7. The molecule has 0 aliphatic heterocycles. The minimum Gasteiger partial charge on any atom is -0.326 e. The SMILES string of the molecule is Cc1ccc(CN)c(Sc2ccc(C(F)(F)F)cn2)c1. The van der Waals surface area contributed by atoms with E-state index in [0.29, 0.717) is 11.6 Å². The summed E-state index contributed by atoms with van der Waals surface area (Å²) in [5.74, 6) is 0. The molecule has 0 aliphatic carbocycles. The molecule has 2 nitrogen and oxygen atoms in total. The number of pyridine rings is 1. The highest BCUT2D eigenvalue weighted by Gasteiger charge is 2.30. The molecule has 1 aromatic heterocycles. The van der Waals surface area contributed by atoms with E-state index in [4.69, 9.17) is 5.73 Å². The Balaban J connectivity index is 2.24. The summed E-state index contributed by atoms with van der Waals surface area (Å²) in [7, 11) is 0. The lowest BCUT2D eigenvalue weighted by molar-refractivity contribution is -0.137. The Bertz CT molecular complexity index is 594. The maximum atomic E-state index is 12.5. The Hall–Kier alpha value is -1.53. The van der Waals surface area contributed by atoms with Gasteiger partial charge in [-0.25, -0.2) is 4.98 Å². The molecule has 0 spiro atoms. The van der Waals surface area contributed by atoms with E-state index in [0.717, 1.165) is 28.3 Å². The van der Waals surface area contributed by atoms with Gasteiger partial charge in [0.2, 0.25) is 0 Å². The summed E-state index contributed by atoms with van der Waals surface area (Å²) in [4.78, 5) is 4.76. The van der Waals surface area contributed by atoms with Crippen molar-refractivity contribution in [1.82, 2.24) is 4.98 Å². The lowest BCUT2D eigenvalue weighted by Crippen LogP contribution is -2.05. The molecule has 0 saturated carbocycles. The van der Waals surface area contributed by atoms with Gasteiger partial charge in [0.25, 0.3) is 0 Å². The first-order chi connectivity index (χ1) is 9.40. The van der Waals surface area contributed by atoms with Gasteiger partial charge in [0.15, 0.2) is 0 Å². The van der Waals surface area contributed by atoms with Crippen LogP contribution in [0.15, 0.2) is 46.5 Å². The van der Waals surface area contributed by atoms with E-state index in [1.165, 1.54) is 17.8 Å². The zero-order valence-electron chi connectivity index (χ0n) is 10.7. The molecular weight excluding hydrogens is 285 g/mol. The van der Waals surface area contributed by atoms with Crippen LogP contribution in [0.5, 0.6) is 0 Å². The number of hydrogen-bond acceptors (Lipinski definition) is 3. The predicted molar refractivity (Wildman–Crippen MR) is 72.4 cm³/mol. The number of nitrogens with zero attached hydrogens (tertiary/aromatic N) is 1. The molecule has 0 unspecified atom stereocenters. The molecule has 1 aromatic carbocycles. The number of halogens is 3. The number of benzene rings is 1. The molecule has 0 saturated heterocycles. The molecule has 2 aromatic rings.